The van der Waals surface area contributed by atoms with Gasteiger partial charge in [0.25, 0.3) is 0 Å². The maximum Gasteiger partial charge on any atom is 0.341 e. The molecule has 2 aromatic carbocycles. The second-order valence-corrected chi connectivity index (χ2v) is 6.54. The highest BCUT2D eigenvalue weighted by Crippen LogP contribution is 2.27. The fourth-order valence-corrected chi connectivity index (χ4v) is 3.08. The Morgan fingerprint density at radius 3 is 2.45 bits per heavy atom. The van der Waals surface area contributed by atoms with Gasteiger partial charge in [-0.1, -0.05) is 36.3 Å². The van der Waals surface area contributed by atoms with Crippen LogP contribution in [0.4, 0.5) is 0 Å². The van der Waals surface area contributed by atoms with Crippen molar-refractivity contribution in [1.82, 2.24) is 0 Å². The van der Waals surface area contributed by atoms with Crippen LogP contribution in [-0.2, 0) is 20.9 Å². The van der Waals surface area contributed by atoms with E-state index in [4.69, 9.17) is 14.2 Å². The van der Waals surface area contributed by atoms with E-state index in [2.05, 4.69) is 5.16 Å². The largest absolute Gasteiger partial charge is 0.503 e. The normalized spacial score (nSPS) is 11.9. The lowest BCUT2D eigenvalue weighted by Gasteiger charge is -2.16. The van der Waals surface area contributed by atoms with Crippen molar-refractivity contribution < 1.29 is 24.2 Å². The minimum atomic E-state index is -0.480. The zero-order chi connectivity index (χ0) is 21.4. The molecule has 6 nitrogen and oxygen atoms in total. The summed E-state index contributed by atoms with van der Waals surface area (Å²) in [7, 11) is 2.81. The van der Waals surface area contributed by atoms with Gasteiger partial charge in [-0.3, -0.25) is 0 Å². The summed E-state index contributed by atoms with van der Waals surface area (Å²) in [6.07, 6.45) is 2.00. The van der Waals surface area contributed by atoms with Crippen molar-refractivity contribution in [3.8, 4) is 5.75 Å². The van der Waals surface area contributed by atoms with Gasteiger partial charge in [-0.05, 0) is 54.7 Å². The van der Waals surface area contributed by atoms with Gasteiger partial charge >= 0.3 is 5.97 Å². The Kier molecular flexibility index (Phi) is 7.83. The molecule has 0 spiro atoms. The lowest BCUT2D eigenvalue weighted by atomic mass is 9.99. The van der Waals surface area contributed by atoms with E-state index < -0.39 is 5.97 Å². The highest BCUT2D eigenvalue weighted by molar-refractivity contribution is 6.16. The average molecular weight is 397 g/mol. The zero-order valence-electron chi connectivity index (χ0n) is 17.5. The molecule has 0 aromatic heterocycles. The monoisotopic (exact) mass is 397 g/mol. The Hall–Kier alpha value is -3.28. The van der Waals surface area contributed by atoms with Crippen LogP contribution in [0.3, 0.4) is 0 Å². The SMILES string of the molecule is CCC(=NO)c1cc(C)c(OCc2ccccc2C(=COC)C(=O)OC)cc1C. The number of aryl methyl sites for hydroxylation is 2. The molecule has 0 amide bonds. The van der Waals surface area contributed by atoms with Crippen molar-refractivity contribution in [2.45, 2.75) is 33.8 Å². The van der Waals surface area contributed by atoms with E-state index >= 15 is 0 Å². The maximum atomic E-state index is 12.1. The van der Waals surface area contributed by atoms with Crippen molar-refractivity contribution in [3.05, 3.63) is 70.5 Å². The Labute approximate surface area is 171 Å². The molecule has 1 N–H and O–H groups in total. The molecule has 0 saturated carbocycles. The van der Waals surface area contributed by atoms with E-state index in [-0.39, 0.29) is 6.61 Å². The van der Waals surface area contributed by atoms with E-state index in [1.54, 1.807) is 0 Å². The molecule has 0 heterocycles. The molecule has 0 bridgehead atoms. The van der Waals surface area contributed by atoms with Gasteiger partial charge < -0.3 is 19.4 Å². The number of hydrogen-bond donors (Lipinski definition) is 1. The van der Waals surface area contributed by atoms with E-state index in [9.17, 15) is 10.0 Å². The summed E-state index contributed by atoms with van der Waals surface area (Å²) in [4.78, 5) is 12.1. The van der Waals surface area contributed by atoms with E-state index in [1.165, 1.54) is 20.5 Å². The van der Waals surface area contributed by atoms with Crippen LogP contribution in [0.2, 0.25) is 0 Å². The summed E-state index contributed by atoms with van der Waals surface area (Å²) in [6, 6.07) is 11.3. The molecule has 0 fully saturated rings. The van der Waals surface area contributed by atoms with Crippen LogP contribution >= 0.6 is 0 Å². The predicted molar refractivity (Wildman–Crippen MR) is 112 cm³/mol. The zero-order valence-corrected chi connectivity index (χ0v) is 17.5. The molecular formula is C23H27NO5. The highest BCUT2D eigenvalue weighted by atomic mass is 16.5. The Morgan fingerprint density at radius 2 is 1.83 bits per heavy atom. The Bertz CT molecular complexity index is 931. The molecule has 0 atom stereocenters. The van der Waals surface area contributed by atoms with E-state index in [0.717, 1.165) is 28.0 Å². The minimum absolute atomic E-state index is 0.266. The fraction of sp³-hybridized carbons (Fsp3) is 0.304. The summed E-state index contributed by atoms with van der Waals surface area (Å²) >= 11 is 0. The number of methoxy groups -OCH3 is 2. The average Bonchev–Trinajstić information content (AvgIpc) is 2.73. The summed E-state index contributed by atoms with van der Waals surface area (Å²) in [6.45, 7) is 6.10. The molecule has 0 aliphatic carbocycles. The highest BCUT2D eigenvalue weighted by Gasteiger charge is 2.17. The first-order valence-electron chi connectivity index (χ1n) is 9.31. The number of nitrogens with zero attached hydrogens (tertiary/aromatic N) is 1. The molecule has 0 aliphatic heterocycles. The van der Waals surface area contributed by atoms with E-state index in [1.807, 2.05) is 57.2 Å². The molecule has 29 heavy (non-hydrogen) atoms. The molecular weight excluding hydrogens is 370 g/mol. The number of rotatable bonds is 8. The second-order valence-electron chi connectivity index (χ2n) is 6.54. The minimum Gasteiger partial charge on any atom is -0.503 e. The van der Waals surface area contributed by atoms with Gasteiger partial charge in [-0.2, -0.15) is 0 Å². The smallest absolute Gasteiger partial charge is 0.341 e. The van der Waals surface area contributed by atoms with Crippen molar-refractivity contribution in [2.24, 2.45) is 5.16 Å². The van der Waals surface area contributed by atoms with Crippen LogP contribution in [0.15, 0.2) is 47.8 Å². The summed E-state index contributed by atoms with van der Waals surface area (Å²) in [5, 5.41) is 12.6. The van der Waals surface area contributed by atoms with E-state index in [0.29, 0.717) is 23.3 Å². The topological polar surface area (TPSA) is 77.4 Å². The molecule has 0 unspecified atom stereocenters. The molecule has 2 rings (SSSR count). The van der Waals surface area contributed by atoms with Crippen molar-refractivity contribution in [3.63, 3.8) is 0 Å². The number of ether oxygens (including phenoxy) is 3. The number of esters is 1. The predicted octanol–water partition coefficient (Wildman–Crippen LogP) is 4.63. The number of benzene rings is 2. The third kappa shape index (κ3) is 5.16. The molecule has 2 aromatic rings. The summed E-state index contributed by atoms with van der Waals surface area (Å²) in [5.74, 6) is 0.246. The van der Waals surface area contributed by atoms with Gasteiger partial charge in [0, 0.05) is 5.56 Å². The number of carbonyl (C=O) groups is 1. The molecule has 0 saturated heterocycles. The van der Waals surface area contributed by atoms with Crippen LogP contribution in [0.25, 0.3) is 5.57 Å². The third-order valence-electron chi connectivity index (χ3n) is 4.62. The lowest BCUT2D eigenvalue weighted by molar-refractivity contribution is -0.133. The summed E-state index contributed by atoms with van der Waals surface area (Å²) < 4.78 is 16.0. The number of oxime groups is 1. The van der Waals surface area contributed by atoms with Crippen LogP contribution in [0, 0.1) is 13.8 Å². The van der Waals surface area contributed by atoms with Crippen LogP contribution in [0.5, 0.6) is 5.75 Å². The van der Waals surface area contributed by atoms with Crippen molar-refractivity contribution in [2.75, 3.05) is 14.2 Å². The maximum absolute atomic E-state index is 12.1. The van der Waals surface area contributed by atoms with Crippen LogP contribution in [-0.4, -0.2) is 31.1 Å². The Morgan fingerprint density at radius 1 is 1.10 bits per heavy atom. The van der Waals surface area contributed by atoms with Crippen LogP contribution < -0.4 is 4.74 Å². The molecule has 0 aliphatic rings. The number of hydrogen-bond acceptors (Lipinski definition) is 6. The Balaban J connectivity index is 2.33. The van der Waals surface area contributed by atoms with Crippen molar-refractivity contribution in [1.29, 1.82) is 0 Å². The van der Waals surface area contributed by atoms with Gasteiger partial charge in [0.1, 0.15) is 17.9 Å². The second kappa shape index (κ2) is 10.3. The summed E-state index contributed by atoms with van der Waals surface area (Å²) in [5.41, 5.74) is 5.26. The third-order valence-corrected chi connectivity index (χ3v) is 4.62. The fourth-order valence-electron chi connectivity index (χ4n) is 3.08. The molecule has 154 valence electrons. The van der Waals surface area contributed by atoms with Crippen LogP contribution in [0.1, 0.15) is 41.2 Å². The molecule has 0 radical (unpaired) electrons. The number of carbonyl (C=O) groups excluding carboxylic acids is 1. The quantitative estimate of drug-likeness (QED) is 0.175. The first-order valence-corrected chi connectivity index (χ1v) is 9.31. The molecule has 6 heteroatoms. The lowest BCUT2D eigenvalue weighted by Crippen LogP contribution is -2.09. The van der Waals surface area contributed by atoms with Gasteiger partial charge in [0.05, 0.1) is 26.2 Å². The van der Waals surface area contributed by atoms with Gasteiger partial charge in [-0.25, -0.2) is 4.79 Å². The van der Waals surface area contributed by atoms with Gasteiger partial charge in [-0.15, -0.1) is 0 Å². The van der Waals surface area contributed by atoms with Gasteiger partial charge in [0.15, 0.2) is 0 Å². The standard InChI is InChI=1S/C23H27NO5/c1-6-21(24-26)19-11-16(3)22(12-15(19)2)29-13-17-9-7-8-10-18(17)20(14-27-4)23(25)28-5/h7-12,14,26H,6,13H2,1-5H3. The van der Waals surface area contributed by atoms with Gasteiger partial charge in [0.2, 0.25) is 0 Å². The first-order chi connectivity index (χ1) is 14.0. The van der Waals surface area contributed by atoms with Crippen molar-refractivity contribution >= 4 is 17.3 Å². The first kappa shape index (κ1) is 22.0.